The van der Waals surface area contributed by atoms with Crippen LogP contribution in [0.5, 0.6) is 0 Å². The van der Waals surface area contributed by atoms with Gasteiger partial charge in [0.15, 0.2) is 5.78 Å². The SMILES string of the molecule is N[C@H](Cc1ccc(CCC(=O)CN2CCN(CC(=O)O)CCN(CC(=O)O)CCN(CC(=O)O)CC2)cc1)C(=O)COCc1ccccc1.[Gd]. The first-order valence-electron chi connectivity index (χ1n) is 16.5. The molecule has 276 valence electrons. The van der Waals surface area contributed by atoms with Crippen molar-refractivity contribution in [1.29, 1.82) is 0 Å². The minimum absolute atomic E-state index is 0. The molecule has 0 saturated carbocycles. The third kappa shape index (κ3) is 18.0. The first-order chi connectivity index (χ1) is 23.5. The number of benzene rings is 2. The normalized spacial score (nSPS) is 16.3. The molecule has 2 aromatic rings. The van der Waals surface area contributed by atoms with Crippen molar-refractivity contribution >= 4 is 29.5 Å². The van der Waals surface area contributed by atoms with Crippen LogP contribution in [0.15, 0.2) is 54.6 Å². The average Bonchev–Trinajstić information content (AvgIpc) is 3.05. The van der Waals surface area contributed by atoms with Crippen molar-refractivity contribution in [2.45, 2.75) is 31.9 Å². The molecule has 15 heteroatoms. The largest absolute Gasteiger partial charge is 0.480 e. The van der Waals surface area contributed by atoms with E-state index in [0.29, 0.717) is 71.8 Å². The van der Waals surface area contributed by atoms with Crippen molar-refractivity contribution in [3.8, 4) is 0 Å². The van der Waals surface area contributed by atoms with E-state index in [1.54, 1.807) is 14.7 Å². The number of nitrogens with two attached hydrogens (primary N) is 1. The molecule has 50 heavy (non-hydrogen) atoms. The summed E-state index contributed by atoms with van der Waals surface area (Å²) < 4.78 is 5.52. The number of aliphatic carboxylic acids is 3. The van der Waals surface area contributed by atoms with Crippen LogP contribution in [0.3, 0.4) is 0 Å². The van der Waals surface area contributed by atoms with Gasteiger partial charge in [0.2, 0.25) is 0 Å². The van der Waals surface area contributed by atoms with E-state index in [1.165, 1.54) is 0 Å². The van der Waals surface area contributed by atoms with Gasteiger partial charge in [-0.15, -0.1) is 0 Å². The van der Waals surface area contributed by atoms with E-state index in [1.807, 2.05) is 59.5 Å². The molecule has 1 aliphatic rings. The Balaban J connectivity index is 0.00000867. The van der Waals surface area contributed by atoms with Gasteiger partial charge in [-0.2, -0.15) is 0 Å². The Morgan fingerprint density at radius 3 is 1.48 bits per heavy atom. The van der Waals surface area contributed by atoms with E-state index >= 15 is 0 Å². The molecule has 2 aromatic carbocycles. The summed E-state index contributed by atoms with van der Waals surface area (Å²) in [7, 11) is 0. The molecular formula is C35H49GdN5O9. The molecule has 0 aliphatic carbocycles. The minimum atomic E-state index is -1.01. The molecule has 0 radical (unpaired) electrons. The van der Waals surface area contributed by atoms with Gasteiger partial charge in [-0.1, -0.05) is 54.6 Å². The number of carboxylic acid groups (broad SMARTS) is 3. The average molecular weight is 841 g/mol. The zero-order valence-electron chi connectivity index (χ0n) is 28.3. The molecule has 0 spiro atoms. The molecule has 1 saturated heterocycles. The molecule has 1 atom stereocenters. The second kappa shape index (κ2) is 23.7. The summed E-state index contributed by atoms with van der Waals surface area (Å²) in [6.07, 6.45) is 1.17. The van der Waals surface area contributed by atoms with Crippen LogP contribution in [0.2, 0.25) is 0 Å². The van der Waals surface area contributed by atoms with Gasteiger partial charge < -0.3 is 25.8 Å². The van der Waals surface area contributed by atoms with Gasteiger partial charge in [0.1, 0.15) is 12.4 Å². The van der Waals surface area contributed by atoms with Crippen LogP contribution in [-0.2, 0) is 48.2 Å². The zero-order valence-corrected chi connectivity index (χ0v) is 30.6. The molecule has 0 bridgehead atoms. The Labute approximate surface area is 325 Å². The molecule has 14 nitrogen and oxygen atoms in total. The Kier molecular flexibility index (Phi) is 20.6. The van der Waals surface area contributed by atoms with Crippen LogP contribution in [0.4, 0.5) is 0 Å². The van der Waals surface area contributed by atoms with Gasteiger partial charge in [-0.05, 0) is 29.5 Å². The summed E-state index contributed by atoms with van der Waals surface area (Å²) >= 11 is 0. The fourth-order valence-corrected chi connectivity index (χ4v) is 5.56. The van der Waals surface area contributed by atoms with Crippen molar-refractivity contribution in [1.82, 2.24) is 19.6 Å². The van der Waals surface area contributed by atoms with Crippen LogP contribution in [0.25, 0.3) is 0 Å². The van der Waals surface area contributed by atoms with E-state index in [4.69, 9.17) is 10.5 Å². The third-order valence-corrected chi connectivity index (χ3v) is 8.35. The molecule has 0 aromatic heterocycles. The number of hydrogen-bond acceptors (Lipinski definition) is 11. The van der Waals surface area contributed by atoms with Crippen LogP contribution < -0.4 is 5.73 Å². The van der Waals surface area contributed by atoms with Crippen LogP contribution >= 0.6 is 0 Å². The van der Waals surface area contributed by atoms with E-state index in [0.717, 1.165) is 16.7 Å². The summed E-state index contributed by atoms with van der Waals surface area (Å²) in [4.78, 5) is 67.0. The monoisotopic (exact) mass is 841 g/mol. The molecule has 0 amide bonds. The van der Waals surface area contributed by atoms with Crippen LogP contribution in [0.1, 0.15) is 23.1 Å². The standard InChI is InChI=1S/C35H49N5O9.Gd/c36-31(32(42)26-49-25-29-4-2-1-3-5-29)20-28-8-6-27(7-9-28)10-11-30(41)21-37-12-14-38(22-33(43)44)16-18-40(24-35(47)48)19-17-39(15-13-37)23-34(45)46;/h1-9,31H,10-26,36H2,(H,43,44)(H,45,46)(H,47,48);/t31-;/m1./s1. The van der Waals surface area contributed by atoms with E-state index in [-0.39, 0.29) is 90.7 Å². The van der Waals surface area contributed by atoms with Crippen molar-refractivity contribution < 1.29 is 84.0 Å². The predicted octanol–water partition coefficient (Wildman–Crippen LogP) is 0.319. The van der Waals surface area contributed by atoms with Crippen molar-refractivity contribution in [2.75, 3.05) is 85.1 Å². The molecular weight excluding hydrogens is 792 g/mol. The summed E-state index contributed by atoms with van der Waals surface area (Å²) in [5, 5.41) is 28.1. The number of ketones is 2. The van der Waals surface area contributed by atoms with Gasteiger partial charge in [0.05, 0.1) is 38.8 Å². The first kappa shape index (κ1) is 43.4. The number of rotatable bonds is 18. The summed E-state index contributed by atoms with van der Waals surface area (Å²) in [5.41, 5.74) is 8.98. The number of nitrogens with zero attached hydrogens (tertiary/aromatic N) is 4. The second-order valence-corrected chi connectivity index (χ2v) is 12.4. The fourth-order valence-electron chi connectivity index (χ4n) is 5.56. The van der Waals surface area contributed by atoms with E-state index in [2.05, 4.69) is 0 Å². The number of Topliss-reactive ketones (excluding diaryl/α,β-unsaturated/α-hetero) is 2. The maximum absolute atomic E-state index is 13.1. The molecule has 0 unspecified atom stereocenters. The Hall–Kier alpha value is -2.73. The summed E-state index contributed by atoms with van der Waals surface area (Å²) in [6, 6.07) is 16.5. The maximum Gasteiger partial charge on any atom is 0.317 e. The van der Waals surface area contributed by atoms with Crippen LogP contribution in [-0.4, -0.2) is 156 Å². The van der Waals surface area contributed by atoms with E-state index in [9.17, 15) is 39.3 Å². The predicted molar refractivity (Wildman–Crippen MR) is 181 cm³/mol. The Morgan fingerprint density at radius 2 is 1.04 bits per heavy atom. The van der Waals surface area contributed by atoms with Crippen LogP contribution in [0, 0.1) is 39.9 Å². The number of ether oxygens (including phenoxy) is 1. The molecule has 5 N–H and O–H groups in total. The number of carboxylic acids is 3. The van der Waals surface area contributed by atoms with Gasteiger partial charge in [0, 0.05) is 98.7 Å². The van der Waals surface area contributed by atoms with Crippen molar-refractivity contribution in [3.05, 3.63) is 71.3 Å². The quantitative estimate of drug-likeness (QED) is 0.160. The third-order valence-electron chi connectivity index (χ3n) is 8.35. The molecule has 1 heterocycles. The maximum atomic E-state index is 13.1. The number of hydrogen-bond donors (Lipinski definition) is 4. The van der Waals surface area contributed by atoms with Crippen molar-refractivity contribution in [2.24, 2.45) is 5.73 Å². The number of carbonyl (C=O) groups is 5. The van der Waals surface area contributed by atoms with Crippen molar-refractivity contribution in [3.63, 3.8) is 0 Å². The molecule has 1 fully saturated rings. The van der Waals surface area contributed by atoms with Gasteiger partial charge >= 0.3 is 17.9 Å². The Morgan fingerprint density at radius 1 is 0.620 bits per heavy atom. The first-order valence-corrected chi connectivity index (χ1v) is 16.5. The molecule has 3 rings (SSSR count). The number of aryl methyl sites for hydroxylation is 1. The Bertz CT molecular complexity index is 1330. The van der Waals surface area contributed by atoms with Gasteiger partial charge in [0.25, 0.3) is 0 Å². The van der Waals surface area contributed by atoms with E-state index < -0.39 is 23.9 Å². The minimum Gasteiger partial charge on any atom is -0.480 e. The van der Waals surface area contributed by atoms with Gasteiger partial charge in [-0.25, -0.2) is 0 Å². The topological polar surface area (TPSA) is 194 Å². The zero-order chi connectivity index (χ0) is 35.6. The smallest absolute Gasteiger partial charge is 0.317 e. The molecule has 1 aliphatic heterocycles. The fraction of sp³-hybridized carbons (Fsp3) is 0.514. The summed E-state index contributed by atoms with van der Waals surface area (Å²) in [6.45, 7) is 2.48. The summed E-state index contributed by atoms with van der Waals surface area (Å²) in [5.74, 6) is -3.19. The second-order valence-electron chi connectivity index (χ2n) is 12.4. The number of carbonyl (C=O) groups excluding carboxylic acids is 2. The van der Waals surface area contributed by atoms with Gasteiger partial charge in [-0.3, -0.25) is 43.6 Å².